The van der Waals surface area contributed by atoms with Gasteiger partial charge in [-0.2, -0.15) is 0 Å². The number of rotatable bonds is 10. The zero-order valence-corrected chi connectivity index (χ0v) is 21.2. The second-order valence-corrected chi connectivity index (χ2v) is 9.76. The predicted octanol–water partition coefficient (Wildman–Crippen LogP) is 4.34. The number of carbonyl (C=O) groups is 3. The van der Waals surface area contributed by atoms with Crippen LogP contribution in [0.1, 0.15) is 54.3 Å². The molecule has 1 saturated heterocycles. The largest absolute Gasteiger partial charge is 0.491 e. The van der Waals surface area contributed by atoms with E-state index in [1.165, 1.54) is 18.4 Å². The molecule has 0 radical (unpaired) electrons. The molecular weight excluding hydrogens is 482 g/mol. The predicted molar refractivity (Wildman–Crippen MR) is 143 cm³/mol. The number of nitrogens with zero attached hydrogens (tertiary/aromatic N) is 1. The molecule has 8 heteroatoms. The topological polar surface area (TPSA) is 108 Å². The van der Waals surface area contributed by atoms with Gasteiger partial charge in [0.25, 0.3) is 5.91 Å². The standard InChI is InChI=1S/C30H31N3O5/c1-19(20-5-3-2-4-6-20)27(28(35)31-24-13-9-22(10-14-24)21-7-8-21)33-29(36)26(32-30(33)37)23-11-15-25(16-12-23)38-18-17-34/h2-6,9-16,19,21,26-27,34H,7-8,17-18H2,1H3,(H,31,35)(H,32,37)/t19-,26+,27?/m0/s1. The van der Waals surface area contributed by atoms with Gasteiger partial charge >= 0.3 is 6.03 Å². The fourth-order valence-electron chi connectivity index (χ4n) is 4.88. The zero-order valence-electron chi connectivity index (χ0n) is 21.2. The van der Waals surface area contributed by atoms with Crippen LogP contribution in [0, 0.1) is 0 Å². The van der Waals surface area contributed by atoms with Gasteiger partial charge in [-0.05, 0) is 59.7 Å². The van der Waals surface area contributed by atoms with Gasteiger partial charge in [0.05, 0.1) is 6.61 Å². The van der Waals surface area contributed by atoms with Crippen LogP contribution in [0.2, 0.25) is 0 Å². The van der Waals surface area contributed by atoms with Crippen LogP contribution in [0.3, 0.4) is 0 Å². The van der Waals surface area contributed by atoms with E-state index >= 15 is 0 Å². The lowest BCUT2D eigenvalue weighted by Gasteiger charge is -2.30. The summed E-state index contributed by atoms with van der Waals surface area (Å²) in [5.74, 6) is -0.240. The number of urea groups is 1. The Morgan fingerprint density at radius 2 is 1.66 bits per heavy atom. The Bertz CT molecular complexity index is 1290. The van der Waals surface area contributed by atoms with E-state index in [4.69, 9.17) is 9.84 Å². The molecule has 5 rings (SSSR count). The summed E-state index contributed by atoms with van der Waals surface area (Å²) in [5, 5.41) is 14.6. The Balaban J connectivity index is 1.40. The van der Waals surface area contributed by atoms with Gasteiger partial charge in [0.15, 0.2) is 0 Å². The molecule has 1 heterocycles. The summed E-state index contributed by atoms with van der Waals surface area (Å²) in [6.07, 6.45) is 2.38. The minimum Gasteiger partial charge on any atom is -0.491 e. The fraction of sp³-hybridized carbons (Fsp3) is 0.300. The Hall–Kier alpha value is -4.17. The molecule has 1 aliphatic heterocycles. The minimum atomic E-state index is -1.06. The van der Waals surface area contributed by atoms with Crippen LogP contribution in [0.5, 0.6) is 5.75 Å². The van der Waals surface area contributed by atoms with E-state index in [0.29, 0.717) is 22.9 Å². The van der Waals surface area contributed by atoms with Gasteiger partial charge in [0.1, 0.15) is 24.4 Å². The van der Waals surface area contributed by atoms with Gasteiger partial charge in [-0.25, -0.2) is 9.69 Å². The van der Waals surface area contributed by atoms with Gasteiger partial charge in [0.2, 0.25) is 5.91 Å². The second-order valence-electron chi connectivity index (χ2n) is 9.76. The molecule has 0 bridgehead atoms. The molecule has 3 atom stereocenters. The van der Waals surface area contributed by atoms with Crippen LogP contribution in [0.25, 0.3) is 0 Å². The smallest absolute Gasteiger partial charge is 0.325 e. The third kappa shape index (κ3) is 5.40. The lowest BCUT2D eigenvalue weighted by Crippen LogP contribution is -2.50. The maximum absolute atomic E-state index is 13.7. The van der Waals surface area contributed by atoms with Gasteiger partial charge in [-0.1, -0.05) is 61.5 Å². The molecule has 3 N–H and O–H groups in total. The number of amides is 4. The number of benzene rings is 3. The van der Waals surface area contributed by atoms with E-state index in [1.54, 1.807) is 24.3 Å². The van der Waals surface area contributed by atoms with Gasteiger partial charge in [-0.3, -0.25) is 9.59 Å². The molecule has 3 aromatic rings. The lowest BCUT2D eigenvalue weighted by atomic mass is 9.91. The van der Waals surface area contributed by atoms with E-state index in [-0.39, 0.29) is 13.2 Å². The maximum atomic E-state index is 13.7. The van der Waals surface area contributed by atoms with E-state index < -0.39 is 35.8 Å². The summed E-state index contributed by atoms with van der Waals surface area (Å²) in [5.41, 5.74) is 3.28. The van der Waals surface area contributed by atoms with Crippen molar-refractivity contribution in [1.29, 1.82) is 0 Å². The molecule has 0 aromatic heterocycles. The van der Waals surface area contributed by atoms with Crippen LogP contribution in [0.4, 0.5) is 10.5 Å². The number of carbonyl (C=O) groups excluding carboxylic acids is 3. The summed E-state index contributed by atoms with van der Waals surface area (Å²) in [6, 6.07) is 21.3. The van der Waals surface area contributed by atoms with E-state index in [9.17, 15) is 14.4 Å². The Labute approximate surface area is 221 Å². The Morgan fingerprint density at radius 3 is 2.29 bits per heavy atom. The molecule has 2 aliphatic rings. The molecule has 4 amide bonds. The second kappa shape index (κ2) is 11.1. The highest BCUT2D eigenvalue weighted by molar-refractivity contribution is 6.09. The fourth-order valence-corrected chi connectivity index (χ4v) is 4.88. The van der Waals surface area contributed by atoms with Crippen LogP contribution in [-0.2, 0) is 9.59 Å². The number of hydrogen-bond acceptors (Lipinski definition) is 5. The third-order valence-electron chi connectivity index (χ3n) is 7.12. The van der Waals surface area contributed by atoms with E-state index in [2.05, 4.69) is 10.6 Å². The summed E-state index contributed by atoms with van der Waals surface area (Å²) >= 11 is 0. The van der Waals surface area contributed by atoms with Crippen molar-refractivity contribution in [1.82, 2.24) is 10.2 Å². The normalized spacial score (nSPS) is 18.6. The van der Waals surface area contributed by atoms with Crippen molar-refractivity contribution >= 4 is 23.5 Å². The van der Waals surface area contributed by atoms with Gasteiger partial charge < -0.3 is 20.5 Å². The molecule has 196 valence electrons. The highest BCUT2D eigenvalue weighted by Gasteiger charge is 2.47. The first-order valence-electron chi connectivity index (χ1n) is 12.9. The number of imide groups is 1. The average Bonchev–Trinajstić information content (AvgIpc) is 3.75. The summed E-state index contributed by atoms with van der Waals surface area (Å²) in [4.78, 5) is 41.6. The number of hydrogen-bond donors (Lipinski definition) is 3. The lowest BCUT2D eigenvalue weighted by molar-refractivity contribution is -0.134. The van der Waals surface area contributed by atoms with Crippen molar-refractivity contribution in [3.8, 4) is 5.75 Å². The number of aliphatic hydroxyl groups is 1. The molecular formula is C30H31N3O5. The molecule has 3 aromatic carbocycles. The SMILES string of the molecule is C[C@@H](c1ccccc1)C(C(=O)Nc1ccc(C2CC2)cc1)N1C(=O)N[C@H](c2ccc(OCCO)cc2)C1=O. The molecule has 1 unspecified atom stereocenters. The number of aliphatic hydroxyl groups excluding tert-OH is 1. The van der Waals surface area contributed by atoms with E-state index in [1.807, 2.05) is 61.5 Å². The molecule has 38 heavy (non-hydrogen) atoms. The van der Waals surface area contributed by atoms with E-state index in [0.717, 1.165) is 10.5 Å². The third-order valence-corrected chi connectivity index (χ3v) is 7.12. The first-order valence-corrected chi connectivity index (χ1v) is 12.9. The molecule has 8 nitrogen and oxygen atoms in total. The van der Waals surface area contributed by atoms with Crippen molar-refractivity contribution < 1.29 is 24.2 Å². The summed E-state index contributed by atoms with van der Waals surface area (Å²) in [7, 11) is 0. The molecule has 2 fully saturated rings. The summed E-state index contributed by atoms with van der Waals surface area (Å²) in [6.45, 7) is 1.89. The van der Waals surface area contributed by atoms with Crippen LogP contribution in [0.15, 0.2) is 78.9 Å². The Kier molecular flexibility index (Phi) is 7.42. The van der Waals surface area contributed by atoms with Crippen LogP contribution >= 0.6 is 0 Å². The highest BCUT2D eigenvalue weighted by atomic mass is 16.5. The average molecular weight is 514 g/mol. The first kappa shape index (κ1) is 25.5. The summed E-state index contributed by atoms with van der Waals surface area (Å²) < 4.78 is 5.39. The van der Waals surface area contributed by atoms with Crippen LogP contribution in [-0.4, -0.2) is 47.1 Å². The molecule has 0 spiro atoms. The number of ether oxygens (including phenoxy) is 1. The molecule has 1 saturated carbocycles. The zero-order chi connectivity index (χ0) is 26.6. The monoisotopic (exact) mass is 513 g/mol. The van der Waals surface area contributed by atoms with Crippen LogP contribution < -0.4 is 15.4 Å². The van der Waals surface area contributed by atoms with Crippen molar-refractivity contribution in [2.24, 2.45) is 0 Å². The van der Waals surface area contributed by atoms with Crippen molar-refractivity contribution in [3.63, 3.8) is 0 Å². The van der Waals surface area contributed by atoms with Crippen molar-refractivity contribution in [3.05, 3.63) is 95.6 Å². The van der Waals surface area contributed by atoms with Gasteiger partial charge in [0, 0.05) is 11.6 Å². The highest BCUT2D eigenvalue weighted by Crippen LogP contribution is 2.40. The number of anilines is 1. The maximum Gasteiger partial charge on any atom is 0.325 e. The van der Waals surface area contributed by atoms with Crippen molar-refractivity contribution in [2.75, 3.05) is 18.5 Å². The first-order chi connectivity index (χ1) is 18.5. The van der Waals surface area contributed by atoms with Crippen molar-refractivity contribution in [2.45, 2.75) is 43.7 Å². The number of nitrogens with one attached hydrogen (secondary N) is 2. The molecule has 1 aliphatic carbocycles. The quantitative estimate of drug-likeness (QED) is 0.350. The minimum absolute atomic E-state index is 0.110. The van der Waals surface area contributed by atoms with Gasteiger partial charge in [-0.15, -0.1) is 0 Å². The Morgan fingerprint density at radius 1 is 1.00 bits per heavy atom.